The normalized spacial score (nSPS) is 14.4. The van der Waals surface area contributed by atoms with E-state index in [4.69, 9.17) is 4.74 Å². The molecular weight excluding hydrogens is 326 g/mol. The smallest absolute Gasteiger partial charge is 0.239 e. The molecule has 1 heterocycles. The van der Waals surface area contributed by atoms with Crippen LogP contribution in [0.2, 0.25) is 0 Å². The lowest BCUT2D eigenvalue weighted by Crippen LogP contribution is -2.38. The number of fused-ring (bicyclic) bond motifs is 1. The van der Waals surface area contributed by atoms with E-state index in [0.29, 0.717) is 17.0 Å². The fourth-order valence-electron chi connectivity index (χ4n) is 2.80. The molecule has 1 aliphatic rings. The Morgan fingerprint density at radius 2 is 1.83 bits per heavy atom. The standard InChI is InChI=1S/C18H19NO4S/c1-13-3-5-14(6-4-13)12-24(21,22)19-10-9-18(20)16-11-15(23-2)7-8-17(16)19/h3-8,11H,9-10,12H2,1-2H3. The first-order chi connectivity index (χ1) is 11.4. The quantitative estimate of drug-likeness (QED) is 0.855. The number of hydrogen-bond donors (Lipinski definition) is 0. The summed E-state index contributed by atoms with van der Waals surface area (Å²) in [6, 6.07) is 12.3. The number of aryl methyl sites for hydroxylation is 1. The Bertz CT molecular complexity index is 872. The molecule has 0 saturated heterocycles. The molecule has 6 heteroatoms. The van der Waals surface area contributed by atoms with Gasteiger partial charge < -0.3 is 4.74 Å². The van der Waals surface area contributed by atoms with Crippen molar-refractivity contribution in [1.82, 2.24) is 0 Å². The van der Waals surface area contributed by atoms with Crippen molar-refractivity contribution in [3.05, 3.63) is 59.2 Å². The molecule has 126 valence electrons. The fourth-order valence-corrected chi connectivity index (χ4v) is 4.40. The molecule has 0 aromatic heterocycles. The van der Waals surface area contributed by atoms with Crippen LogP contribution in [0.3, 0.4) is 0 Å². The number of rotatable bonds is 4. The monoisotopic (exact) mass is 345 g/mol. The molecule has 5 nitrogen and oxygen atoms in total. The zero-order valence-electron chi connectivity index (χ0n) is 13.7. The van der Waals surface area contributed by atoms with Crippen LogP contribution in [0, 0.1) is 6.92 Å². The summed E-state index contributed by atoms with van der Waals surface area (Å²) >= 11 is 0. The maximum Gasteiger partial charge on any atom is 0.239 e. The Balaban J connectivity index is 1.96. The first-order valence-electron chi connectivity index (χ1n) is 7.68. The van der Waals surface area contributed by atoms with Crippen LogP contribution < -0.4 is 9.04 Å². The lowest BCUT2D eigenvalue weighted by Gasteiger charge is -2.30. The van der Waals surface area contributed by atoms with Crippen molar-refractivity contribution in [2.24, 2.45) is 0 Å². The minimum absolute atomic E-state index is 0.0642. The number of ketones is 1. The van der Waals surface area contributed by atoms with Crippen LogP contribution in [0.25, 0.3) is 0 Å². The fraction of sp³-hybridized carbons (Fsp3) is 0.278. The van der Waals surface area contributed by atoms with Gasteiger partial charge in [0.25, 0.3) is 0 Å². The molecule has 0 N–H and O–H groups in total. The molecule has 3 rings (SSSR count). The summed E-state index contributed by atoms with van der Waals surface area (Å²) < 4.78 is 32.2. The van der Waals surface area contributed by atoms with E-state index in [1.165, 1.54) is 11.4 Å². The number of hydrogen-bond acceptors (Lipinski definition) is 4. The lowest BCUT2D eigenvalue weighted by molar-refractivity contribution is 0.0981. The predicted octanol–water partition coefficient (Wildman–Crippen LogP) is 2.93. The van der Waals surface area contributed by atoms with Crippen molar-refractivity contribution < 1.29 is 17.9 Å². The van der Waals surface area contributed by atoms with E-state index in [9.17, 15) is 13.2 Å². The van der Waals surface area contributed by atoms with Crippen molar-refractivity contribution in [2.45, 2.75) is 19.1 Å². The predicted molar refractivity (Wildman–Crippen MR) is 93.1 cm³/mol. The third-order valence-electron chi connectivity index (χ3n) is 4.12. The third kappa shape index (κ3) is 3.14. The van der Waals surface area contributed by atoms with Crippen molar-refractivity contribution in [2.75, 3.05) is 18.0 Å². The highest BCUT2D eigenvalue weighted by Gasteiger charge is 2.31. The highest BCUT2D eigenvalue weighted by atomic mass is 32.2. The molecule has 0 amide bonds. The molecule has 2 aromatic rings. The van der Waals surface area contributed by atoms with Crippen LogP contribution in [-0.4, -0.2) is 27.9 Å². The molecule has 24 heavy (non-hydrogen) atoms. The number of nitrogens with zero attached hydrogens (tertiary/aromatic N) is 1. The van der Waals surface area contributed by atoms with Gasteiger partial charge in [-0.2, -0.15) is 0 Å². The number of carbonyl (C=O) groups is 1. The number of methoxy groups -OCH3 is 1. The molecule has 0 aliphatic carbocycles. The molecule has 0 saturated carbocycles. The average Bonchev–Trinajstić information content (AvgIpc) is 2.56. The van der Waals surface area contributed by atoms with Crippen LogP contribution in [0.5, 0.6) is 5.75 Å². The summed E-state index contributed by atoms with van der Waals surface area (Å²) in [5, 5.41) is 0. The van der Waals surface area contributed by atoms with E-state index < -0.39 is 10.0 Å². The number of benzene rings is 2. The maximum absolute atomic E-state index is 12.8. The molecule has 0 spiro atoms. The first kappa shape index (κ1) is 16.5. The third-order valence-corrected chi connectivity index (χ3v) is 5.87. The van der Waals surface area contributed by atoms with E-state index in [2.05, 4.69) is 0 Å². The molecule has 0 unspecified atom stereocenters. The van der Waals surface area contributed by atoms with E-state index in [1.54, 1.807) is 18.2 Å². The van der Waals surface area contributed by atoms with E-state index in [0.717, 1.165) is 11.1 Å². The molecule has 2 aromatic carbocycles. The zero-order chi connectivity index (χ0) is 17.3. The Kier molecular flexibility index (Phi) is 4.32. The number of anilines is 1. The SMILES string of the molecule is COc1ccc2c(c1)C(=O)CCN2S(=O)(=O)Cc1ccc(C)cc1. The number of Topliss-reactive ketones (excluding diaryl/α,β-unsaturated/α-hetero) is 1. The van der Waals surface area contributed by atoms with Gasteiger partial charge in [0, 0.05) is 18.5 Å². The summed E-state index contributed by atoms with van der Waals surface area (Å²) in [5.41, 5.74) is 2.64. The van der Waals surface area contributed by atoms with Gasteiger partial charge in [-0.25, -0.2) is 8.42 Å². The van der Waals surface area contributed by atoms with Crippen molar-refractivity contribution >= 4 is 21.5 Å². The van der Waals surface area contributed by atoms with Gasteiger partial charge in [0.05, 0.1) is 18.6 Å². The van der Waals surface area contributed by atoms with Gasteiger partial charge in [-0.05, 0) is 30.7 Å². The van der Waals surface area contributed by atoms with Crippen molar-refractivity contribution in [3.8, 4) is 5.75 Å². The number of ether oxygens (including phenoxy) is 1. The van der Waals surface area contributed by atoms with Crippen LogP contribution in [0.4, 0.5) is 5.69 Å². The highest BCUT2D eigenvalue weighted by molar-refractivity contribution is 7.92. The highest BCUT2D eigenvalue weighted by Crippen LogP contribution is 2.33. The summed E-state index contributed by atoms with van der Waals surface area (Å²) in [7, 11) is -2.05. The van der Waals surface area contributed by atoms with Crippen LogP contribution >= 0.6 is 0 Å². The van der Waals surface area contributed by atoms with E-state index >= 15 is 0 Å². The maximum atomic E-state index is 12.8. The van der Waals surface area contributed by atoms with Crippen LogP contribution in [0.1, 0.15) is 27.9 Å². The minimum atomic E-state index is -3.57. The van der Waals surface area contributed by atoms with Gasteiger partial charge in [0.15, 0.2) is 5.78 Å². The molecule has 0 radical (unpaired) electrons. The van der Waals surface area contributed by atoms with Crippen LogP contribution in [-0.2, 0) is 15.8 Å². The molecular formula is C18H19NO4S. The summed E-state index contributed by atoms with van der Waals surface area (Å²) in [4.78, 5) is 12.1. The van der Waals surface area contributed by atoms with E-state index in [1.807, 2.05) is 31.2 Å². The Morgan fingerprint density at radius 3 is 2.50 bits per heavy atom. The second kappa shape index (κ2) is 6.28. The average molecular weight is 345 g/mol. The van der Waals surface area contributed by atoms with Crippen molar-refractivity contribution in [1.29, 1.82) is 0 Å². The minimum Gasteiger partial charge on any atom is -0.497 e. The first-order valence-corrected chi connectivity index (χ1v) is 9.29. The van der Waals surface area contributed by atoms with Gasteiger partial charge in [-0.15, -0.1) is 0 Å². The second-order valence-electron chi connectivity index (χ2n) is 5.87. The van der Waals surface area contributed by atoms with Gasteiger partial charge in [-0.3, -0.25) is 9.10 Å². The lowest BCUT2D eigenvalue weighted by atomic mass is 10.0. The molecule has 0 bridgehead atoms. The molecule has 0 fully saturated rings. The Labute approximate surface area is 141 Å². The summed E-state index contributed by atoms with van der Waals surface area (Å²) in [6.07, 6.45) is 0.174. The Morgan fingerprint density at radius 1 is 1.12 bits per heavy atom. The summed E-state index contributed by atoms with van der Waals surface area (Å²) in [6.45, 7) is 2.13. The van der Waals surface area contributed by atoms with E-state index in [-0.39, 0.29) is 24.5 Å². The second-order valence-corrected chi connectivity index (χ2v) is 7.76. The number of sulfonamides is 1. The Hall–Kier alpha value is -2.34. The summed E-state index contributed by atoms with van der Waals surface area (Å²) in [5.74, 6) is 0.387. The van der Waals surface area contributed by atoms with Gasteiger partial charge in [-0.1, -0.05) is 29.8 Å². The van der Waals surface area contributed by atoms with Gasteiger partial charge >= 0.3 is 0 Å². The zero-order valence-corrected chi connectivity index (χ0v) is 14.5. The van der Waals surface area contributed by atoms with Crippen molar-refractivity contribution in [3.63, 3.8) is 0 Å². The molecule has 0 atom stereocenters. The van der Waals surface area contributed by atoms with Gasteiger partial charge in [0.2, 0.25) is 10.0 Å². The van der Waals surface area contributed by atoms with Crippen LogP contribution in [0.15, 0.2) is 42.5 Å². The van der Waals surface area contributed by atoms with Gasteiger partial charge in [0.1, 0.15) is 5.75 Å². The topological polar surface area (TPSA) is 63.7 Å². The number of carbonyl (C=O) groups excluding carboxylic acids is 1. The largest absolute Gasteiger partial charge is 0.497 e. The molecule has 1 aliphatic heterocycles.